The molecule has 0 amide bonds. The largest absolute Gasteiger partial charge is 0.478 e. The van der Waals surface area contributed by atoms with Gasteiger partial charge in [-0.3, -0.25) is 0 Å². The third kappa shape index (κ3) is 3.25. The number of benzene rings is 2. The highest BCUT2D eigenvalue weighted by Gasteiger charge is 2.05. The van der Waals surface area contributed by atoms with E-state index >= 15 is 0 Å². The molecule has 0 saturated carbocycles. The first kappa shape index (κ1) is 13.0. The number of carboxylic acids is 1. The van der Waals surface area contributed by atoms with E-state index in [-0.39, 0.29) is 5.82 Å². The van der Waals surface area contributed by atoms with Crippen LogP contribution in [-0.2, 0) is 4.79 Å². The van der Waals surface area contributed by atoms with Gasteiger partial charge in [0.25, 0.3) is 0 Å². The Kier molecular flexibility index (Phi) is 3.71. The lowest BCUT2D eigenvalue weighted by atomic mass is 9.99. The molecule has 0 bridgehead atoms. The fourth-order valence-electron chi connectivity index (χ4n) is 1.72. The Morgan fingerprint density at radius 1 is 1.00 bits per heavy atom. The van der Waals surface area contributed by atoms with Crippen molar-refractivity contribution < 1.29 is 18.7 Å². The van der Waals surface area contributed by atoms with Gasteiger partial charge in [0.2, 0.25) is 0 Å². The molecule has 0 spiro atoms. The Labute approximate surface area is 108 Å². The maximum atomic E-state index is 13.2. The maximum Gasteiger partial charge on any atom is 0.328 e. The molecule has 0 heterocycles. The lowest BCUT2D eigenvalue weighted by Gasteiger charge is -2.06. The van der Waals surface area contributed by atoms with Gasteiger partial charge in [-0.2, -0.15) is 0 Å². The maximum absolute atomic E-state index is 13.2. The van der Waals surface area contributed by atoms with Crippen molar-refractivity contribution in [2.75, 3.05) is 0 Å². The van der Waals surface area contributed by atoms with E-state index in [1.54, 1.807) is 12.1 Å². The van der Waals surface area contributed by atoms with Gasteiger partial charge in [-0.1, -0.05) is 18.2 Å². The number of aliphatic carboxylic acids is 1. The standard InChI is InChI=1S/C15H10F2O2/c16-12-4-1-10(2-5-12)14-7-6-13(17)9-11(14)3-8-15(18)19/h1-9H,(H,18,19)/b8-3+. The van der Waals surface area contributed by atoms with E-state index in [1.807, 2.05) is 0 Å². The van der Waals surface area contributed by atoms with Crippen LogP contribution in [-0.4, -0.2) is 11.1 Å². The first-order valence-electron chi connectivity index (χ1n) is 5.53. The lowest BCUT2D eigenvalue weighted by molar-refractivity contribution is -0.131. The van der Waals surface area contributed by atoms with E-state index in [0.717, 1.165) is 6.08 Å². The molecule has 2 aromatic rings. The highest BCUT2D eigenvalue weighted by Crippen LogP contribution is 2.25. The van der Waals surface area contributed by atoms with Crippen LogP contribution in [0.2, 0.25) is 0 Å². The minimum Gasteiger partial charge on any atom is -0.478 e. The van der Waals surface area contributed by atoms with E-state index in [1.165, 1.54) is 36.4 Å². The molecule has 0 aliphatic carbocycles. The average Bonchev–Trinajstić information content (AvgIpc) is 2.38. The molecule has 0 unspecified atom stereocenters. The molecule has 2 nitrogen and oxygen atoms in total. The van der Waals surface area contributed by atoms with Crippen LogP contribution in [0.25, 0.3) is 17.2 Å². The summed E-state index contributed by atoms with van der Waals surface area (Å²) in [6, 6.07) is 9.74. The predicted octanol–water partition coefficient (Wildman–Crippen LogP) is 3.73. The quantitative estimate of drug-likeness (QED) is 0.854. The summed E-state index contributed by atoms with van der Waals surface area (Å²) in [6.07, 6.45) is 2.24. The van der Waals surface area contributed by atoms with Crippen LogP contribution in [0.5, 0.6) is 0 Å². The van der Waals surface area contributed by atoms with Gasteiger partial charge in [-0.05, 0) is 47.0 Å². The second-order valence-electron chi connectivity index (χ2n) is 3.91. The Hall–Kier alpha value is -2.49. The Morgan fingerprint density at radius 3 is 2.26 bits per heavy atom. The van der Waals surface area contributed by atoms with Crippen molar-refractivity contribution in [3.63, 3.8) is 0 Å². The van der Waals surface area contributed by atoms with E-state index in [2.05, 4.69) is 0 Å². The van der Waals surface area contributed by atoms with Gasteiger partial charge in [0, 0.05) is 6.08 Å². The van der Waals surface area contributed by atoms with Gasteiger partial charge in [-0.15, -0.1) is 0 Å². The highest BCUT2D eigenvalue weighted by atomic mass is 19.1. The molecule has 0 fully saturated rings. The molecule has 0 saturated heterocycles. The van der Waals surface area contributed by atoms with Crippen LogP contribution >= 0.6 is 0 Å². The summed E-state index contributed by atoms with van der Waals surface area (Å²) >= 11 is 0. The van der Waals surface area contributed by atoms with E-state index < -0.39 is 11.8 Å². The summed E-state index contributed by atoms with van der Waals surface area (Å²) in [5.74, 6) is -1.95. The van der Waals surface area contributed by atoms with Crippen LogP contribution < -0.4 is 0 Å². The number of hydrogen-bond donors (Lipinski definition) is 1. The van der Waals surface area contributed by atoms with Crippen molar-refractivity contribution in [3.05, 3.63) is 65.7 Å². The summed E-state index contributed by atoms with van der Waals surface area (Å²) in [4.78, 5) is 10.5. The number of carbonyl (C=O) groups is 1. The number of carboxylic acid groups (broad SMARTS) is 1. The zero-order valence-electron chi connectivity index (χ0n) is 9.81. The smallest absolute Gasteiger partial charge is 0.328 e. The third-order valence-electron chi connectivity index (χ3n) is 2.57. The van der Waals surface area contributed by atoms with Crippen LogP contribution in [0, 0.1) is 11.6 Å². The van der Waals surface area contributed by atoms with Gasteiger partial charge in [0.15, 0.2) is 0 Å². The van der Waals surface area contributed by atoms with Crippen molar-refractivity contribution >= 4 is 12.0 Å². The van der Waals surface area contributed by atoms with Gasteiger partial charge in [-0.25, -0.2) is 13.6 Å². The second-order valence-corrected chi connectivity index (χ2v) is 3.91. The van der Waals surface area contributed by atoms with E-state index in [0.29, 0.717) is 16.7 Å². The normalized spacial score (nSPS) is 10.8. The van der Waals surface area contributed by atoms with Gasteiger partial charge >= 0.3 is 5.97 Å². The molecule has 0 atom stereocenters. The Morgan fingerprint density at radius 2 is 1.63 bits per heavy atom. The summed E-state index contributed by atoms with van der Waals surface area (Å²) in [5.41, 5.74) is 1.75. The average molecular weight is 260 g/mol. The first-order valence-corrected chi connectivity index (χ1v) is 5.53. The van der Waals surface area contributed by atoms with E-state index in [9.17, 15) is 13.6 Å². The van der Waals surface area contributed by atoms with Crippen LogP contribution in [0.15, 0.2) is 48.5 Å². The van der Waals surface area contributed by atoms with Gasteiger partial charge < -0.3 is 5.11 Å². The van der Waals surface area contributed by atoms with Crippen molar-refractivity contribution in [1.29, 1.82) is 0 Å². The molecule has 2 aromatic carbocycles. The van der Waals surface area contributed by atoms with Crippen LogP contribution in [0.1, 0.15) is 5.56 Å². The second kappa shape index (κ2) is 5.44. The van der Waals surface area contributed by atoms with Crippen LogP contribution in [0.3, 0.4) is 0 Å². The molecule has 0 aromatic heterocycles. The molecular weight excluding hydrogens is 250 g/mol. The minimum absolute atomic E-state index is 0.367. The van der Waals surface area contributed by atoms with Gasteiger partial charge in [0.05, 0.1) is 0 Å². The minimum atomic E-state index is -1.12. The summed E-state index contributed by atoms with van der Waals surface area (Å²) in [6.45, 7) is 0. The molecule has 96 valence electrons. The predicted molar refractivity (Wildman–Crippen MR) is 68.5 cm³/mol. The first-order chi connectivity index (χ1) is 9.06. The molecule has 2 rings (SSSR count). The number of rotatable bonds is 3. The molecule has 0 radical (unpaired) electrons. The Bertz CT molecular complexity index is 631. The third-order valence-corrected chi connectivity index (χ3v) is 2.57. The fraction of sp³-hybridized carbons (Fsp3) is 0. The Balaban J connectivity index is 2.50. The highest BCUT2D eigenvalue weighted by molar-refractivity contribution is 5.87. The van der Waals surface area contributed by atoms with E-state index in [4.69, 9.17) is 5.11 Å². The molecular formula is C15H10F2O2. The molecule has 19 heavy (non-hydrogen) atoms. The van der Waals surface area contributed by atoms with Crippen molar-refractivity contribution in [2.45, 2.75) is 0 Å². The summed E-state index contributed by atoms with van der Waals surface area (Å²) < 4.78 is 26.1. The van der Waals surface area contributed by atoms with Gasteiger partial charge in [0.1, 0.15) is 11.6 Å². The number of halogens is 2. The monoisotopic (exact) mass is 260 g/mol. The lowest BCUT2D eigenvalue weighted by Crippen LogP contribution is -1.89. The zero-order chi connectivity index (χ0) is 13.8. The SMILES string of the molecule is O=C(O)/C=C/c1cc(F)ccc1-c1ccc(F)cc1. The summed E-state index contributed by atoms with van der Waals surface area (Å²) in [7, 11) is 0. The molecule has 0 aliphatic heterocycles. The summed E-state index contributed by atoms with van der Waals surface area (Å²) in [5, 5.41) is 8.61. The van der Waals surface area contributed by atoms with Crippen molar-refractivity contribution in [2.24, 2.45) is 0 Å². The molecule has 4 heteroatoms. The molecule has 0 aliphatic rings. The van der Waals surface area contributed by atoms with Crippen molar-refractivity contribution in [3.8, 4) is 11.1 Å². The van der Waals surface area contributed by atoms with Crippen molar-refractivity contribution in [1.82, 2.24) is 0 Å². The molecule has 1 N–H and O–H groups in total. The van der Waals surface area contributed by atoms with Crippen LogP contribution in [0.4, 0.5) is 8.78 Å². The zero-order valence-corrected chi connectivity index (χ0v) is 9.81. The fourth-order valence-corrected chi connectivity index (χ4v) is 1.72. The topological polar surface area (TPSA) is 37.3 Å². The number of hydrogen-bond acceptors (Lipinski definition) is 1.